The van der Waals surface area contributed by atoms with E-state index in [0.717, 1.165) is 19.6 Å². The lowest BCUT2D eigenvalue weighted by molar-refractivity contribution is -0.274. The van der Waals surface area contributed by atoms with Crippen molar-refractivity contribution in [2.24, 2.45) is 0 Å². The van der Waals surface area contributed by atoms with Gasteiger partial charge < -0.3 is 9.47 Å². The molecule has 0 atom stereocenters. The van der Waals surface area contributed by atoms with Crippen LogP contribution < -0.4 is 9.47 Å². The maximum Gasteiger partial charge on any atom is 0.573 e. The predicted molar refractivity (Wildman–Crippen MR) is 88.8 cm³/mol. The average molecular weight is 351 g/mol. The monoisotopic (exact) mass is 351 g/mol. The fourth-order valence-corrected chi connectivity index (χ4v) is 2.88. The number of rotatable bonds is 5. The van der Waals surface area contributed by atoms with Gasteiger partial charge in [0.25, 0.3) is 0 Å². The molecule has 2 aromatic carbocycles. The molecule has 0 N–H and O–H groups in total. The second-order valence-corrected chi connectivity index (χ2v) is 6.10. The van der Waals surface area contributed by atoms with Gasteiger partial charge in [-0.3, -0.25) is 4.90 Å². The molecule has 3 nitrogen and oxygen atoms in total. The van der Waals surface area contributed by atoms with E-state index in [1.54, 1.807) is 0 Å². The van der Waals surface area contributed by atoms with Gasteiger partial charge in [-0.05, 0) is 67.9 Å². The summed E-state index contributed by atoms with van der Waals surface area (Å²) >= 11 is 0. The molecule has 0 saturated carbocycles. The molecule has 0 spiro atoms. The normalized spacial score (nSPS) is 15.8. The first-order chi connectivity index (χ1) is 12.0. The van der Waals surface area contributed by atoms with E-state index in [0.29, 0.717) is 11.5 Å². The Labute approximate surface area is 145 Å². The molecular formula is C19H20F3NO2. The Morgan fingerprint density at radius 2 is 1.28 bits per heavy atom. The molecule has 0 unspecified atom stereocenters. The van der Waals surface area contributed by atoms with Crippen molar-refractivity contribution in [3.63, 3.8) is 0 Å². The fourth-order valence-electron chi connectivity index (χ4n) is 2.88. The van der Waals surface area contributed by atoms with Crippen molar-refractivity contribution in [2.45, 2.75) is 32.2 Å². The van der Waals surface area contributed by atoms with Crippen molar-refractivity contribution in [2.75, 3.05) is 13.1 Å². The summed E-state index contributed by atoms with van der Waals surface area (Å²) in [5, 5.41) is 0. The van der Waals surface area contributed by atoms with E-state index in [-0.39, 0.29) is 5.75 Å². The van der Waals surface area contributed by atoms with E-state index in [9.17, 15) is 13.2 Å². The summed E-state index contributed by atoms with van der Waals surface area (Å²) in [6.45, 7) is 3.22. The minimum Gasteiger partial charge on any atom is -0.457 e. The summed E-state index contributed by atoms with van der Waals surface area (Å²) < 4.78 is 45.9. The lowest BCUT2D eigenvalue weighted by Crippen LogP contribution is -2.28. The van der Waals surface area contributed by atoms with Crippen LogP contribution in [0.2, 0.25) is 0 Å². The van der Waals surface area contributed by atoms with E-state index in [2.05, 4.69) is 9.64 Å². The third-order valence-electron chi connectivity index (χ3n) is 4.07. The standard InChI is InChI=1S/C19H20F3NO2/c20-19(21,22)25-18-10-8-17(9-11-18)24-16-6-4-15(5-7-16)14-23-12-2-1-3-13-23/h4-11H,1-3,12-14H2. The van der Waals surface area contributed by atoms with Gasteiger partial charge in [-0.25, -0.2) is 0 Å². The van der Waals surface area contributed by atoms with Crippen LogP contribution in [-0.4, -0.2) is 24.4 Å². The molecule has 3 rings (SSSR count). The van der Waals surface area contributed by atoms with Gasteiger partial charge in [-0.15, -0.1) is 13.2 Å². The van der Waals surface area contributed by atoms with Crippen molar-refractivity contribution in [1.82, 2.24) is 4.90 Å². The quantitative estimate of drug-likeness (QED) is 0.723. The molecule has 0 aliphatic carbocycles. The van der Waals surface area contributed by atoms with Crippen molar-refractivity contribution in [3.8, 4) is 17.2 Å². The number of benzene rings is 2. The number of piperidine rings is 1. The zero-order valence-corrected chi connectivity index (χ0v) is 13.8. The van der Waals surface area contributed by atoms with Crippen LogP contribution in [0.15, 0.2) is 48.5 Å². The van der Waals surface area contributed by atoms with E-state index in [4.69, 9.17) is 4.74 Å². The molecule has 1 saturated heterocycles. The summed E-state index contributed by atoms with van der Waals surface area (Å²) in [4.78, 5) is 2.44. The molecule has 6 heteroatoms. The number of alkyl halides is 3. The van der Waals surface area contributed by atoms with Crippen molar-refractivity contribution in [1.29, 1.82) is 0 Å². The van der Waals surface area contributed by atoms with Crippen LogP contribution in [0.3, 0.4) is 0 Å². The van der Waals surface area contributed by atoms with Gasteiger partial charge in [0.15, 0.2) is 0 Å². The first-order valence-corrected chi connectivity index (χ1v) is 8.33. The number of halogens is 3. The number of hydrogen-bond donors (Lipinski definition) is 0. The summed E-state index contributed by atoms with van der Waals surface area (Å²) in [6.07, 6.45) is -0.854. The van der Waals surface area contributed by atoms with Gasteiger partial charge in [0, 0.05) is 6.54 Å². The maximum atomic E-state index is 12.1. The van der Waals surface area contributed by atoms with Crippen LogP contribution >= 0.6 is 0 Å². The third kappa shape index (κ3) is 5.67. The molecule has 1 fully saturated rings. The molecule has 1 aliphatic heterocycles. The van der Waals surface area contributed by atoms with E-state index in [1.807, 2.05) is 24.3 Å². The molecule has 0 bridgehead atoms. The summed E-state index contributed by atoms with van der Waals surface area (Å²) in [5.41, 5.74) is 1.23. The Hall–Kier alpha value is -2.21. The van der Waals surface area contributed by atoms with Gasteiger partial charge in [-0.1, -0.05) is 18.6 Å². The first kappa shape index (κ1) is 17.6. The van der Waals surface area contributed by atoms with E-state index < -0.39 is 6.36 Å². The maximum absolute atomic E-state index is 12.1. The molecule has 0 radical (unpaired) electrons. The van der Waals surface area contributed by atoms with Crippen molar-refractivity contribution >= 4 is 0 Å². The zero-order valence-electron chi connectivity index (χ0n) is 13.8. The van der Waals surface area contributed by atoms with Crippen LogP contribution in [0.1, 0.15) is 24.8 Å². The molecule has 1 heterocycles. The number of ether oxygens (including phenoxy) is 2. The minimum atomic E-state index is -4.69. The SMILES string of the molecule is FC(F)(F)Oc1ccc(Oc2ccc(CN3CCCCC3)cc2)cc1. The Balaban J connectivity index is 1.55. The lowest BCUT2D eigenvalue weighted by atomic mass is 10.1. The molecule has 2 aromatic rings. The Morgan fingerprint density at radius 3 is 1.84 bits per heavy atom. The highest BCUT2D eigenvalue weighted by Crippen LogP contribution is 2.27. The molecule has 134 valence electrons. The summed E-state index contributed by atoms with van der Waals surface area (Å²) in [7, 11) is 0. The molecule has 0 amide bonds. The predicted octanol–water partition coefficient (Wildman–Crippen LogP) is 5.36. The fraction of sp³-hybridized carbons (Fsp3) is 0.368. The second kappa shape index (κ2) is 7.78. The minimum absolute atomic E-state index is 0.267. The van der Waals surface area contributed by atoms with Gasteiger partial charge in [-0.2, -0.15) is 0 Å². The largest absolute Gasteiger partial charge is 0.573 e. The molecule has 1 aliphatic rings. The second-order valence-electron chi connectivity index (χ2n) is 6.10. The van der Waals surface area contributed by atoms with Crippen LogP contribution in [0, 0.1) is 0 Å². The van der Waals surface area contributed by atoms with Gasteiger partial charge in [0.2, 0.25) is 0 Å². The number of hydrogen-bond acceptors (Lipinski definition) is 3. The van der Waals surface area contributed by atoms with Crippen LogP contribution in [-0.2, 0) is 6.54 Å². The summed E-state index contributed by atoms with van der Waals surface area (Å²) in [5.74, 6) is 0.835. The molecule has 0 aromatic heterocycles. The van der Waals surface area contributed by atoms with Crippen molar-refractivity contribution in [3.05, 3.63) is 54.1 Å². The number of nitrogens with zero attached hydrogens (tertiary/aromatic N) is 1. The van der Waals surface area contributed by atoms with Crippen molar-refractivity contribution < 1.29 is 22.6 Å². The van der Waals surface area contributed by atoms with Gasteiger partial charge in [0.1, 0.15) is 17.2 Å². The number of likely N-dealkylation sites (tertiary alicyclic amines) is 1. The average Bonchev–Trinajstić information content (AvgIpc) is 2.58. The molecular weight excluding hydrogens is 331 g/mol. The van der Waals surface area contributed by atoms with E-state index in [1.165, 1.54) is 49.1 Å². The smallest absolute Gasteiger partial charge is 0.457 e. The Kier molecular flexibility index (Phi) is 5.48. The lowest BCUT2D eigenvalue weighted by Gasteiger charge is -2.26. The third-order valence-corrected chi connectivity index (χ3v) is 4.07. The highest BCUT2D eigenvalue weighted by molar-refractivity contribution is 5.36. The Morgan fingerprint density at radius 1 is 0.760 bits per heavy atom. The van der Waals surface area contributed by atoms with E-state index >= 15 is 0 Å². The summed E-state index contributed by atoms with van der Waals surface area (Å²) in [6, 6.07) is 13.1. The molecule has 25 heavy (non-hydrogen) atoms. The van der Waals surface area contributed by atoms with Crippen LogP contribution in [0.25, 0.3) is 0 Å². The Bertz CT molecular complexity index is 663. The van der Waals surface area contributed by atoms with Gasteiger partial charge >= 0.3 is 6.36 Å². The first-order valence-electron chi connectivity index (χ1n) is 8.33. The highest BCUT2D eigenvalue weighted by atomic mass is 19.4. The zero-order chi connectivity index (χ0) is 17.7. The topological polar surface area (TPSA) is 21.7 Å². The van der Waals surface area contributed by atoms with Gasteiger partial charge in [0.05, 0.1) is 0 Å². The van der Waals surface area contributed by atoms with Crippen LogP contribution in [0.4, 0.5) is 13.2 Å². The van der Waals surface area contributed by atoms with Crippen LogP contribution in [0.5, 0.6) is 17.2 Å². The highest BCUT2D eigenvalue weighted by Gasteiger charge is 2.30.